The molecule has 0 spiro atoms. The Bertz CT molecular complexity index is 693. The van der Waals surface area contributed by atoms with E-state index in [1.807, 2.05) is 19.1 Å². The number of aromatic nitrogens is 2. The van der Waals surface area contributed by atoms with Crippen LogP contribution < -0.4 is 0 Å². The number of hydrogen-bond donors (Lipinski definition) is 1. The van der Waals surface area contributed by atoms with Crippen LogP contribution in [0, 0.1) is 12.8 Å². The Morgan fingerprint density at radius 1 is 1.45 bits per heavy atom. The van der Waals surface area contributed by atoms with E-state index < -0.39 is 5.97 Å². The Hall–Kier alpha value is -1.88. The van der Waals surface area contributed by atoms with Crippen molar-refractivity contribution >= 4 is 11.6 Å². The summed E-state index contributed by atoms with van der Waals surface area (Å²) < 4.78 is 2.06. The highest BCUT2D eigenvalue weighted by molar-refractivity contribution is 5.70. The molecule has 118 valence electrons. The van der Waals surface area contributed by atoms with E-state index >= 15 is 0 Å². The summed E-state index contributed by atoms with van der Waals surface area (Å²) in [7, 11) is 0. The number of imidazole rings is 1. The van der Waals surface area contributed by atoms with E-state index in [9.17, 15) is 4.79 Å². The fourth-order valence-corrected chi connectivity index (χ4v) is 3.34. The first-order valence-electron chi connectivity index (χ1n) is 7.93. The number of fused-ring (bicyclic) bond motifs is 1. The van der Waals surface area contributed by atoms with Crippen molar-refractivity contribution in [3.63, 3.8) is 0 Å². The summed E-state index contributed by atoms with van der Waals surface area (Å²) in [6.45, 7) is 7.26. The molecule has 1 aliphatic rings. The van der Waals surface area contributed by atoms with Gasteiger partial charge in [0, 0.05) is 19.3 Å². The van der Waals surface area contributed by atoms with Gasteiger partial charge in [0.1, 0.15) is 5.65 Å². The van der Waals surface area contributed by atoms with Crippen LogP contribution in [-0.4, -0.2) is 38.4 Å². The van der Waals surface area contributed by atoms with Crippen LogP contribution in [0.4, 0.5) is 0 Å². The van der Waals surface area contributed by atoms with Gasteiger partial charge in [0.05, 0.1) is 17.8 Å². The third-order valence-corrected chi connectivity index (χ3v) is 4.38. The van der Waals surface area contributed by atoms with Crippen LogP contribution in [0.5, 0.6) is 0 Å². The molecule has 5 heteroatoms. The molecule has 1 aliphatic heterocycles. The van der Waals surface area contributed by atoms with E-state index in [1.165, 1.54) is 12.8 Å². The van der Waals surface area contributed by atoms with E-state index in [0.29, 0.717) is 11.6 Å². The van der Waals surface area contributed by atoms with Crippen LogP contribution in [0.25, 0.3) is 5.65 Å². The second-order valence-electron chi connectivity index (χ2n) is 6.49. The second kappa shape index (κ2) is 6.08. The van der Waals surface area contributed by atoms with Crippen LogP contribution >= 0.6 is 0 Å². The van der Waals surface area contributed by atoms with Crippen molar-refractivity contribution in [2.75, 3.05) is 13.1 Å². The van der Waals surface area contributed by atoms with Gasteiger partial charge in [0.2, 0.25) is 0 Å². The SMILES string of the molecule is Cc1ccc2nc(CC(=O)O)c(CN3CCCC(C)C3)n2c1. The highest BCUT2D eigenvalue weighted by atomic mass is 16.4. The number of aryl methyl sites for hydroxylation is 1. The van der Waals surface area contributed by atoms with Crippen molar-refractivity contribution in [3.05, 3.63) is 35.3 Å². The highest BCUT2D eigenvalue weighted by Gasteiger charge is 2.21. The average molecular weight is 301 g/mol. The topological polar surface area (TPSA) is 57.8 Å². The standard InChI is InChI=1S/C17H23N3O2/c1-12-4-3-7-19(9-12)11-15-14(8-17(21)22)18-16-6-5-13(2)10-20(15)16/h5-6,10,12H,3-4,7-9,11H2,1-2H3,(H,21,22). The third-order valence-electron chi connectivity index (χ3n) is 4.38. The van der Waals surface area contributed by atoms with Crippen LogP contribution in [0.15, 0.2) is 18.3 Å². The van der Waals surface area contributed by atoms with Gasteiger partial charge in [-0.1, -0.05) is 13.0 Å². The number of rotatable bonds is 4. The maximum Gasteiger partial charge on any atom is 0.309 e. The van der Waals surface area contributed by atoms with E-state index in [4.69, 9.17) is 5.11 Å². The number of likely N-dealkylation sites (tertiary alicyclic amines) is 1. The summed E-state index contributed by atoms with van der Waals surface area (Å²) in [5, 5.41) is 9.16. The van der Waals surface area contributed by atoms with Gasteiger partial charge in [-0.3, -0.25) is 9.69 Å². The molecule has 1 fully saturated rings. The zero-order valence-electron chi connectivity index (χ0n) is 13.2. The smallest absolute Gasteiger partial charge is 0.309 e. The summed E-state index contributed by atoms with van der Waals surface area (Å²) in [5.74, 6) is -0.119. The van der Waals surface area contributed by atoms with Gasteiger partial charge in [-0.05, 0) is 43.9 Å². The zero-order chi connectivity index (χ0) is 15.7. The Balaban J connectivity index is 1.96. The zero-order valence-corrected chi connectivity index (χ0v) is 13.2. The predicted octanol–water partition coefficient (Wildman–Crippen LogP) is 2.50. The molecule has 0 saturated carbocycles. The first-order chi connectivity index (χ1) is 10.5. The Kier molecular flexibility index (Phi) is 4.16. The average Bonchev–Trinajstić information content (AvgIpc) is 2.76. The summed E-state index contributed by atoms with van der Waals surface area (Å²) in [6, 6.07) is 3.97. The number of pyridine rings is 1. The summed E-state index contributed by atoms with van der Waals surface area (Å²) >= 11 is 0. The number of carbonyl (C=O) groups is 1. The summed E-state index contributed by atoms with van der Waals surface area (Å²) in [6.07, 6.45) is 4.53. The lowest BCUT2D eigenvalue weighted by Gasteiger charge is -2.30. The normalized spacial score (nSPS) is 19.6. The quantitative estimate of drug-likeness (QED) is 0.942. The van der Waals surface area contributed by atoms with Gasteiger partial charge in [-0.25, -0.2) is 4.98 Å². The molecule has 0 amide bonds. The molecule has 3 heterocycles. The molecule has 0 bridgehead atoms. The van der Waals surface area contributed by atoms with Gasteiger partial charge in [0.25, 0.3) is 0 Å². The van der Waals surface area contributed by atoms with E-state index in [2.05, 4.69) is 27.4 Å². The number of nitrogens with zero attached hydrogens (tertiary/aromatic N) is 3. The van der Waals surface area contributed by atoms with Gasteiger partial charge < -0.3 is 9.51 Å². The molecule has 0 radical (unpaired) electrons. The minimum atomic E-state index is -0.826. The molecular formula is C17H23N3O2. The molecule has 3 rings (SSSR count). The number of carboxylic acid groups (broad SMARTS) is 1. The third kappa shape index (κ3) is 3.14. The van der Waals surface area contributed by atoms with Crippen LogP contribution in [0.1, 0.15) is 36.7 Å². The first-order valence-corrected chi connectivity index (χ1v) is 7.93. The minimum Gasteiger partial charge on any atom is -0.481 e. The molecule has 1 N–H and O–H groups in total. The molecule has 0 aromatic carbocycles. The lowest BCUT2D eigenvalue weighted by Crippen LogP contribution is -2.34. The van der Waals surface area contributed by atoms with E-state index in [0.717, 1.165) is 36.5 Å². The summed E-state index contributed by atoms with van der Waals surface area (Å²) in [5.41, 5.74) is 3.70. The maximum atomic E-state index is 11.1. The van der Waals surface area contributed by atoms with Gasteiger partial charge >= 0.3 is 5.97 Å². The number of carboxylic acids is 1. The van der Waals surface area contributed by atoms with Crippen molar-refractivity contribution < 1.29 is 9.90 Å². The Morgan fingerprint density at radius 2 is 2.27 bits per heavy atom. The van der Waals surface area contributed by atoms with E-state index in [-0.39, 0.29) is 6.42 Å². The largest absolute Gasteiger partial charge is 0.481 e. The highest BCUT2D eigenvalue weighted by Crippen LogP contribution is 2.21. The second-order valence-corrected chi connectivity index (χ2v) is 6.49. The van der Waals surface area contributed by atoms with Crippen molar-refractivity contribution in [2.24, 2.45) is 5.92 Å². The van der Waals surface area contributed by atoms with Crippen molar-refractivity contribution in [1.82, 2.24) is 14.3 Å². The lowest BCUT2D eigenvalue weighted by atomic mass is 10.00. The van der Waals surface area contributed by atoms with Crippen molar-refractivity contribution in [2.45, 2.75) is 39.7 Å². The van der Waals surface area contributed by atoms with Crippen molar-refractivity contribution in [1.29, 1.82) is 0 Å². The lowest BCUT2D eigenvalue weighted by molar-refractivity contribution is -0.136. The van der Waals surface area contributed by atoms with Crippen LogP contribution in [0.3, 0.4) is 0 Å². The fraction of sp³-hybridized carbons (Fsp3) is 0.529. The molecule has 2 aromatic heterocycles. The molecule has 1 atom stereocenters. The van der Waals surface area contributed by atoms with Gasteiger partial charge in [-0.15, -0.1) is 0 Å². The molecule has 1 unspecified atom stereocenters. The summed E-state index contributed by atoms with van der Waals surface area (Å²) in [4.78, 5) is 18.1. The molecule has 5 nitrogen and oxygen atoms in total. The molecule has 2 aromatic rings. The van der Waals surface area contributed by atoms with Crippen LogP contribution in [0.2, 0.25) is 0 Å². The molecular weight excluding hydrogens is 278 g/mol. The van der Waals surface area contributed by atoms with Crippen LogP contribution in [-0.2, 0) is 17.8 Å². The van der Waals surface area contributed by atoms with Gasteiger partial charge in [0.15, 0.2) is 0 Å². The Labute approximate surface area is 130 Å². The van der Waals surface area contributed by atoms with E-state index in [1.54, 1.807) is 0 Å². The monoisotopic (exact) mass is 301 g/mol. The molecule has 22 heavy (non-hydrogen) atoms. The molecule has 1 saturated heterocycles. The predicted molar refractivity (Wildman–Crippen MR) is 84.9 cm³/mol. The minimum absolute atomic E-state index is 0.0144. The Morgan fingerprint density at radius 3 is 3.00 bits per heavy atom. The fourth-order valence-electron chi connectivity index (χ4n) is 3.34. The maximum absolute atomic E-state index is 11.1. The number of hydrogen-bond acceptors (Lipinski definition) is 3. The number of aliphatic carboxylic acids is 1. The van der Waals surface area contributed by atoms with Gasteiger partial charge in [-0.2, -0.15) is 0 Å². The number of piperidine rings is 1. The first kappa shape index (κ1) is 15.0. The van der Waals surface area contributed by atoms with Crippen molar-refractivity contribution in [3.8, 4) is 0 Å². The molecule has 0 aliphatic carbocycles.